The number of carbonyl (C=O) groups is 2. The van der Waals surface area contributed by atoms with Gasteiger partial charge in [-0.15, -0.1) is 0 Å². The largest absolute Gasteiger partial charge is 0.468 e. The molecule has 3 N–H and O–H groups in total. The molecular weight excluding hydrogens is 184 g/mol. The number of rotatable bonds is 3. The van der Waals surface area contributed by atoms with Crippen molar-refractivity contribution in [1.29, 1.82) is 0 Å². The highest BCUT2D eigenvalue weighted by molar-refractivity contribution is 6.04. The number of carbonyl (C=O) groups excluding carboxylic acids is 2. The summed E-state index contributed by atoms with van der Waals surface area (Å²) >= 11 is 0. The van der Waals surface area contributed by atoms with Crippen LogP contribution in [0.4, 0.5) is 0 Å². The molecule has 0 aromatic carbocycles. The lowest BCUT2D eigenvalue weighted by molar-refractivity contribution is -0.159. The molecule has 1 rings (SSSR count). The van der Waals surface area contributed by atoms with E-state index in [0.717, 1.165) is 0 Å². The number of ketones is 1. The molecule has 0 aromatic rings. The van der Waals surface area contributed by atoms with Crippen LogP contribution >= 0.6 is 0 Å². The van der Waals surface area contributed by atoms with E-state index in [1.165, 1.54) is 7.11 Å². The first kappa shape index (κ1) is 11.1. The fourth-order valence-corrected chi connectivity index (χ4v) is 1.84. The summed E-state index contributed by atoms with van der Waals surface area (Å²) in [5.41, 5.74) is 4.31. The third-order valence-corrected chi connectivity index (χ3v) is 2.75. The number of esters is 1. The van der Waals surface area contributed by atoms with Gasteiger partial charge in [0.1, 0.15) is 5.41 Å². The van der Waals surface area contributed by atoms with Gasteiger partial charge in [-0.1, -0.05) is 0 Å². The molecule has 1 aliphatic heterocycles. The van der Waals surface area contributed by atoms with Crippen molar-refractivity contribution in [3.05, 3.63) is 0 Å². The number of ether oxygens (including phenoxy) is 1. The molecule has 5 heteroatoms. The number of methoxy groups -OCH3 is 1. The Morgan fingerprint density at radius 1 is 1.43 bits per heavy atom. The van der Waals surface area contributed by atoms with Crippen molar-refractivity contribution < 1.29 is 14.3 Å². The summed E-state index contributed by atoms with van der Waals surface area (Å²) in [7, 11) is 1.30. The minimum absolute atomic E-state index is 0.102. The van der Waals surface area contributed by atoms with E-state index in [1.807, 2.05) is 0 Å². The maximum Gasteiger partial charge on any atom is 0.319 e. The lowest BCUT2D eigenvalue weighted by Crippen LogP contribution is -2.50. The molecule has 0 aliphatic carbocycles. The molecule has 14 heavy (non-hydrogen) atoms. The molecule has 0 aromatic heterocycles. The summed E-state index contributed by atoms with van der Waals surface area (Å²) in [5, 5.41) is 3.10. The Kier molecular flexibility index (Phi) is 3.60. The first-order valence-electron chi connectivity index (χ1n) is 4.70. The fraction of sp³-hybridized carbons (Fsp3) is 0.778. The van der Waals surface area contributed by atoms with E-state index in [4.69, 9.17) is 5.73 Å². The van der Waals surface area contributed by atoms with Crippen molar-refractivity contribution in [2.75, 3.05) is 26.7 Å². The Bertz CT molecular complexity index is 216. The van der Waals surface area contributed by atoms with Gasteiger partial charge in [-0.3, -0.25) is 9.59 Å². The van der Waals surface area contributed by atoms with Crippen LogP contribution in [-0.4, -0.2) is 38.5 Å². The van der Waals surface area contributed by atoms with Crippen molar-refractivity contribution in [1.82, 2.24) is 5.32 Å². The highest BCUT2D eigenvalue weighted by Crippen LogP contribution is 2.31. The quantitative estimate of drug-likeness (QED) is 0.454. The van der Waals surface area contributed by atoms with Crippen molar-refractivity contribution in [3.8, 4) is 0 Å². The van der Waals surface area contributed by atoms with Crippen LogP contribution in [0.2, 0.25) is 0 Å². The molecule has 0 unspecified atom stereocenters. The van der Waals surface area contributed by atoms with Crippen molar-refractivity contribution in [2.24, 2.45) is 11.1 Å². The normalized spacial score (nSPS) is 20.1. The second kappa shape index (κ2) is 4.52. The number of piperidine rings is 1. The Labute approximate surface area is 83.0 Å². The van der Waals surface area contributed by atoms with Gasteiger partial charge in [0.05, 0.1) is 13.7 Å². The highest BCUT2D eigenvalue weighted by atomic mass is 16.5. The standard InChI is InChI=1S/C9H16N2O3/c1-14-8(13)9(7(12)6-10)2-4-11-5-3-9/h11H,2-6,10H2,1H3. The van der Waals surface area contributed by atoms with Crippen LogP contribution in [0.1, 0.15) is 12.8 Å². The van der Waals surface area contributed by atoms with Crippen molar-refractivity contribution in [3.63, 3.8) is 0 Å². The monoisotopic (exact) mass is 200 g/mol. The van der Waals surface area contributed by atoms with Gasteiger partial charge in [-0.05, 0) is 25.9 Å². The number of hydrogen-bond acceptors (Lipinski definition) is 5. The number of nitrogens with two attached hydrogens (primary N) is 1. The zero-order valence-electron chi connectivity index (χ0n) is 8.34. The Hall–Kier alpha value is -0.940. The summed E-state index contributed by atoms with van der Waals surface area (Å²) in [5.74, 6) is -0.666. The van der Waals surface area contributed by atoms with Gasteiger partial charge in [0.25, 0.3) is 0 Å². The summed E-state index contributed by atoms with van der Waals surface area (Å²) in [6, 6.07) is 0. The van der Waals surface area contributed by atoms with Gasteiger partial charge in [-0.25, -0.2) is 0 Å². The smallest absolute Gasteiger partial charge is 0.319 e. The molecule has 5 nitrogen and oxygen atoms in total. The van der Waals surface area contributed by atoms with Gasteiger partial charge in [0, 0.05) is 0 Å². The van der Waals surface area contributed by atoms with E-state index in [-0.39, 0.29) is 12.3 Å². The molecule has 0 saturated carbocycles. The molecule has 0 spiro atoms. The fourth-order valence-electron chi connectivity index (χ4n) is 1.84. The predicted octanol–water partition coefficient (Wildman–Crippen LogP) is -0.943. The Morgan fingerprint density at radius 2 is 2.00 bits per heavy atom. The summed E-state index contributed by atoms with van der Waals surface area (Å²) in [6.45, 7) is 1.21. The third-order valence-electron chi connectivity index (χ3n) is 2.75. The average Bonchev–Trinajstić information content (AvgIpc) is 2.27. The van der Waals surface area contributed by atoms with Crippen LogP contribution in [0, 0.1) is 5.41 Å². The van der Waals surface area contributed by atoms with E-state index in [1.54, 1.807) is 0 Å². The molecule has 0 atom stereocenters. The zero-order valence-corrected chi connectivity index (χ0v) is 8.34. The first-order chi connectivity index (χ1) is 6.67. The number of Topliss-reactive ketones (excluding diaryl/α,β-unsaturated/α-hetero) is 1. The summed E-state index contributed by atoms with van der Waals surface area (Å²) < 4.78 is 4.67. The Balaban J connectivity index is 2.87. The molecule has 1 fully saturated rings. The van der Waals surface area contributed by atoms with E-state index in [2.05, 4.69) is 10.1 Å². The molecule has 0 amide bonds. The van der Waals surface area contributed by atoms with Crippen LogP contribution in [-0.2, 0) is 14.3 Å². The average molecular weight is 200 g/mol. The van der Waals surface area contributed by atoms with E-state index in [9.17, 15) is 9.59 Å². The predicted molar refractivity (Wildman–Crippen MR) is 50.6 cm³/mol. The zero-order chi connectivity index (χ0) is 10.6. The summed E-state index contributed by atoms with van der Waals surface area (Å²) in [4.78, 5) is 23.2. The van der Waals surface area contributed by atoms with Crippen LogP contribution in [0.25, 0.3) is 0 Å². The van der Waals surface area contributed by atoms with E-state index < -0.39 is 11.4 Å². The maximum absolute atomic E-state index is 11.6. The lowest BCUT2D eigenvalue weighted by atomic mass is 9.75. The topological polar surface area (TPSA) is 81.4 Å². The molecule has 1 heterocycles. The van der Waals surface area contributed by atoms with Gasteiger partial charge in [0.2, 0.25) is 0 Å². The van der Waals surface area contributed by atoms with E-state index in [0.29, 0.717) is 25.9 Å². The van der Waals surface area contributed by atoms with E-state index >= 15 is 0 Å². The summed E-state index contributed by atoms with van der Waals surface area (Å²) in [6.07, 6.45) is 0.964. The minimum atomic E-state index is -0.991. The SMILES string of the molecule is COC(=O)C1(C(=O)CN)CCNCC1. The second-order valence-corrected chi connectivity index (χ2v) is 3.45. The van der Waals surface area contributed by atoms with Gasteiger partial charge < -0.3 is 15.8 Å². The second-order valence-electron chi connectivity index (χ2n) is 3.45. The lowest BCUT2D eigenvalue weighted by Gasteiger charge is -2.32. The van der Waals surface area contributed by atoms with Crippen LogP contribution < -0.4 is 11.1 Å². The molecule has 0 radical (unpaired) electrons. The first-order valence-corrected chi connectivity index (χ1v) is 4.70. The van der Waals surface area contributed by atoms with Crippen molar-refractivity contribution in [2.45, 2.75) is 12.8 Å². The Morgan fingerprint density at radius 3 is 2.43 bits per heavy atom. The number of nitrogens with one attached hydrogen (secondary N) is 1. The van der Waals surface area contributed by atoms with Crippen LogP contribution in [0.5, 0.6) is 0 Å². The van der Waals surface area contributed by atoms with Gasteiger partial charge in [0.15, 0.2) is 5.78 Å². The van der Waals surface area contributed by atoms with Gasteiger partial charge in [-0.2, -0.15) is 0 Å². The van der Waals surface area contributed by atoms with Gasteiger partial charge >= 0.3 is 5.97 Å². The number of hydrogen-bond donors (Lipinski definition) is 2. The molecule has 80 valence electrons. The molecular formula is C9H16N2O3. The van der Waals surface area contributed by atoms with Crippen LogP contribution in [0.3, 0.4) is 0 Å². The maximum atomic E-state index is 11.6. The van der Waals surface area contributed by atoms with Crippen LogP contribution in [0.15, 0.2) is 0 Å². The highest BCUT2D eigenvalue weighted by Gasteiger charge is 2.46. The third kappa shape index (κ3) is 1.78. The minimum Gasteiger partial charge on any atom is -0.468 e. The molecule has 1 aliphatic rings. The van der Waals surface area contributed by atoms with Crippen molar-refractivity contribution >= 4 is 11.8 Å². The molecule has 1 saturated heterocycles. The molecule has 0 bridgehead atoms.